The van der Waals surface area contributed by atoms with E-state index in [-0.39, 0.29) is 18.4 Å². The van der Waals surface area contributed by atoms with Crippen molar-refractivity contribution >= 4 is 23.7 Å². The van der Waals surface area contributed by atoms with Crippen LogP contribution in [0.1, 0.15) is 39.5 Å². The van der Waals surface area contributed by atoms with E-state index in [9.17, 15) is 9.59 Å². The average molecular weight is 460 g/mol. The van der Waals surface area contributed by atoms with Crippen LogP contribution in [0.3, 0.4) is 0 Å². The Kier molecular flexibility index (Phi) is 8.40. The van der Waals surface area contributed by atoms with Gasteiger partial charge in [0, 0.05) is 11.3 Å². The van der Waals surface area contributed by atoms with Crippen molar-refractivity contribution in [2.24, 2.45) is 5.10 Å². The van der Waals surface area contributed by atoms with Crippen molar-refractivity contribution in [3.8, 4) is 11.5 Å². The van der Waals surface area contributed by atoms with E-state index in [1.54, 1.807) is 30.3 Å². The second-order valence-electron chi connectivity index (χ2n) is 7.84. The van der Waals surface area contributed by atoms with E-state index in [0.29, 0.717) is 29.2 Å². The van der Waals surface area contributed by atoms with Crippen LogP contribution in [-0.4, -0.2) is 31.2 Å². The Labute approximate surface area is 199 Å². The van der Waals surface area contributed by atoms with Gasteiger partial charge in [-0.15, -0.1) is 0 Å². The molecule has 0 aliphatic heterocycles. The molecule has 0 bridgehead atoms. The molecule has 0 unspecified atom stereocenters. The number of carbonyl (C=O) groups excluding carboxylic acids is 2. The molecule has 0 aliphatic carbocycles. The number of benzene rings is 3. The number of hydrogen-bond acceptors (Lipinski definition) is 5. The van der Waals surface area contributed by atoms with Crippen molar-refractivity contribution in [1.29, 1.82) is 0 Å². The number of hydrogen-bond donors (Lipinski definition) is 2. The van der Waals surface area contributed by atoms with Crippen molar-refractivity contribution in [1.82, 2.24) is 5.43 Å². The number of carbonyl (C=O) groups is 2. The monoisotopic (exact) mass is 459 g/mol. The Morgan fingerprint density at radius 2 is 1.65 bits per heavy atom. The molecule has 0 fully saturated rings. The molecule has 7 nitrogen and oxygen atoms in total. The predicted octanol–water partition coefficient (Wildman–Crippen LogP) is 4.79. The van der Waals surface area contributed by atoms with Crippen LogP contribution < -0.4 is 20.2 Å². The van der Waals surface area contributed by atoms with Crippen molar-refractivity contribution in [2.75, 3.05) is 18.5 Å². The molecule has 0 aliphatic rings. The van der Waals surface area contributed by atoms with Gasteiger partial charge in [0.15, 0.2) is 18.1 Å². The van der Waals surface area contributed by atoms with E-state index in [4.69, 9.17) is 9.47 Å². The summed E-state index contributed by atoms with van der Waals surface area (Å²) in [5.74, 6) is 0.361. The maximum Gasteiger partial charge on any atom is 0.271 e. The van der Waals surface area contributed by atoms with Crippen LogP contribution in [0.5, 0.6) is 11.5 Å². The summed E-state index contributed by atoms with van der Waals surface area (Å²) in [5, 5.41) is 6.85. The van der Waals surface area contributed by atoms with Gasteiger partial charge in [0.2, 0.25) is 0 Å². The minimum absolute atomic E-state index is 0.160. The fraction of sp³-hybridized carbons (Fsp3) is 0.222. The minimum Gasteiger partial charge on any atom is -0.490 e. The van der Waals surface area contributed by atoms with E-state index in [2.05, 4.69) is 15.8 Å². The molecule has 0 heterocycles. The smallest absolute Gasteiger partial charge is 0.271 e. The summed E-state index contributed by atoms with van der Waals surface area (Å²) < 4.78 is 11.4. The molecule has 3 aromatic rings. The molecule has 0 aromatic heterocycles. The van der Waals surface area contributed by atoms with Crippen LogP contribution in [0.2, 0.25) is 0 Å². The van der Waals surface area contributed by atoms with Gasteiger partial charge in [-0.05, 0) is 86.8 Å². The zero-order valence-corrected chi connectivity index (χ0v) is 19.8. The number of rotatable bonds is 9. The van der Waals surface area contributed by atoms with Crippen molar-refractivity contribution < 1.29 is 19.1 Å². The van der Waals surface area contributed by atoms with Gasteiger partial charge in [-0.2, -0.15) is 5.10 Å². The van der Waals surface area contributed by atoms with Crippen LogP contribution in [0.25, 0.3) is 0 Å². The molecule has 0 saturated heterocycles. The third-order valence-electron chi connectivity index (χ3n) is 5.11. The standard InChI is InChI=1S/C27H29N3O4/c1-5-33-25-15-21(16-28-30-27(32)22-10-6-18(2)7-11-22)9-13-24(25)34-17-26(31)29-23-12-8-19(3)20(4)14-23/h6-16H,5,17H2,1-4H3,(H,29,31)(H,30,32)/b28-16-. The van der Waals surface area contributed by atoms with Crippen LogP contribution in [0.15, 0.2) is 65.8 Å². The summed E-state index contributed by atoms with van der Waals surface area (Å²) in [7, 11) is 0. The number of anilines is 1. The quantitative estimate of drug-likeness (QED) is 0.356. The number of hydrazone groups is 1. The molecule has 176 valence electrons. The fourth-order valence-corrected chi connectivity index (χ4v) is 3.09. The van der Waals surface area contributed by atoms with Crippen LogP contribution in [0.4, 0.5) is 5.69 Å². The largest absolute Gasteiger partial charge is 0.490 e. The van der Waals surface area contributed by atoms with Crippen LogP contribution >= 0.6 is 0 Å². The fourth-order valence-electron chi connectivity index (χ4n) is 3.09. The molecular weight excluding hydrogens is 430 g/mol. The Hall–Kier alpha value is -4.13. The molecule has 34 heavy (non-hydrogen) atoms. The second kappa shape index (κ2) is 11.7. The Morgan fingerprint density at radius 1 is 0.882 bits per heavy atom. The lowest BCUT2D eigenvalue weighted by Crippen LogP contribution is -2.20. The van der Waals surface area contributed by atoms with Gasteiger partial charge in [0.25, 0.3) is 11.8 Å². The summed E-state index contributed by atoms with van der Waals surface area (Å²) in [6.45, 7) is 8.10. The molecule has 2 N–H and O–H groups in total. The first kappa shape index (κ1) is 24.5. The summed E-state index contributed by atoms with van der Waals surface area (Å²) in [6.07, 6.45) is 1.52. The molecule has 0 saturated carbocycles. The Bertz CT molecular complexity index is 1190. The van der Waals surface area contributed by atoms with Crippen LogP contribution in [0, 0.1) is 20.8 Å². The van der Waals surface area contributed by atoms with Gasteiger partial charge in [0.05, 0.1) is 12.8 Å². The van der Waals surface area contributed by atoms with E-state index < -0.39 is 0 Å². The zero-order chi connectivity index (χ0) is 24.5. The first-order valence-electron chi connectivity index (χ1n) is 11.0. The number of nitrogens with one attached hydrogen (secondary N) is 2. The molecule has 0 spiro atoms. The number of nitrogens with zero attached hydrogens (tertiary/aromatic N) is 1. The minimum atomic E-state index is -0.295. The first-order valence-corrected chi connectivity index (χ1v) is 11.0. The van der Waals surface area contributed by atoms with Crippen molar-refractivity contribution in [2.45, 2.75) is 27.7 Å². The zero-order valence-electron chi connectivity index (χ0n) is 19.8. The van der Waals surface area contributed by atoms with Gasteiger partial charge in [0.1, 0.15) is 0 Å². The third-order valence-corrected chi connectivity index (χ3v) is 5.11. The number of amides is 2. The van der Waals surface area contributed by atoms with Gasteiger partial charge in [-0.1, -0.05) is 23.8 Å². The molecule has 3 rings (SSSR count). The first-order chi connectivity index (χ1) is 16.4. The SMILES string of the molecule is CCOc1cc(/C=N\NC(=O)c2ccc(C)cc2)ccc1OCC(=O)Nc1ccc(C)c(C)c1. The molecule has 7 heteroatoms. The molecular formula is C27H29N3O4. The van der Waals surface area contributed by atoms with E-state index in [0.717, 1.165) is 22.4 Å². The lowest BCUT2D eigenvalue weighted by Gasteiger charge is -2.13. The van der Waals surface area contributed by atoms with Crippen molar-refractivity contribution in [3.05, 3.63) is 88.5 Å². The van der Waals surface area contributed by atoms with E-state index in [1.807, 2.05) is 58.0 Å². The summed E-state index contributed by atoms with van der Waals surface area (Å²) in [4.78, 5) is 24.5. The van der Waals surface area contributed by atoms with E-state index in [1.165, 1.54) is 6.21 Å². The Balaban J connectivity index is 1.59. The van der Waals surface area contributed by atoms with Crippen LogP contribution in [-0.2, 0) is 4.79 Å². The second-order valence-corrected chi connectivity index (χ2v) is 7.84. The molecule has 0 atom stereocenters. The molecule has 0 radical (unpaired) electrons. The van der Waals surface area contributed by atoms with Gasteiger partial charge in [-0.3, -0.25) is 9.59 Å². The normalized spacial score (nSPS) is 10.7. The summed E-state index contributed by atoms with van der Waals surface area (Å²) in [5.41, 5.74) is 7.81. The maximum atomic E-state index is 12.3. The highest BCUT2D eigenvalue weighted by atomic mass is 16.5. The molecule has 3 aromatic carbocycles. The lowest BCUT2D eigenvalue weighted by molar-refractivity contribution is -0.118. The van der Waals surface area contributed by atoms with Gasteiger partial charge in [-0.25, -0.2) is 5.43 Å². The molecule has 2 amide bonds. The Morgan fingerprint density at radius 3 is 2.35 bits per heavy atom. The summed E-state index contributed by atoms with van der Waals surface area (Å²) in [6, 6.07) is 18.2. The highest BCUT2D eigenvalue weighted by Gasteiger charge is 2.10. The topological polar surface area (TPSA) is 89.0 Å². The maximum absolute atomic E-state index is 12.3. The summed E-state index contributed by atoms with van der Waals surface area (Å²) >= 11 is 0. The van der Waals surface area contributed by atoms with Gasteiger partial charge >= 0.3 is 0 Å². The lowest BCUT2D eigenvalue weighted by atomic mass is 10.1. The third kappa shape index (κ3) is 6.93. The van der Waals surface area contributed by atoms with Crippen molar-refractivity contribution in [3.63, 3.8) is 0 Å². The van der Waals surface area contributed by atoms with E-state index >= 15 is 0 Å². The highest BCUT2D eigenvalue weighted by molar-refractivity contribution is 5.95. The number of ether oxygens (including phenoxy) is 2. The average Bonchev–Trinajstić information content (AvgIpc) is 2.81. The van der Waals surface area contributed by atoms with Gasteiger partial charge < -0.3 is 14.8 Å². The highest BCUT2D eigenvalue weighted by Crippen LogP contribution is 2.28. The predicted molar refractivity (Wildman–Crippen MR) is 134 cm³/mol. The number of aryl methyl sites for hydroxylation is 3.